The van der Waals surface area contributed by atoms with E-state index in [-0.39, 0.29) is 17.0 Å². The van der Waals surface area contributed by atoms with E-state index in [0.29, 0.717) is 0 Å². The van der Waals surface area contributed by atoms with Crippen LogP contribution in [0.15, 0.2) is 0 Å². The maximum absolute atomic E-state index is 4.42. The number of hydrogen-bond donors (Lipinski definition) is 0. The van der Waals surface area contributed by atoms with Crippen molar-refractivity contribution in [1.29, 1.82) is 0 Å². The maximum atomic E-state index is 4.42. The zero-order valence-electron chi connectivity index (χ0n) is 12.6. The summed E-state index contributed by atoms with van der Waals surface area (Å²) in [5, 5.41) is 0. The first kappa shape index (κ1) is 18.4. The Morgan fingerprint density at radius 1 is 0.842 bits per heavy atom. The normalized spacial score (nSPS) is 23.1. The molecule has 3 heteroatoms. The predicted molar refractivity (Wildman–Crippen MR) is 89.4 cm³/mol. The average molecular weight is 414 g/mol. The standard InChI is InChI=1S/C16H31BrP.BrH/c1-2-3-14-18(17,15-10-6-4-7-11-15)16-12-8-5-9-13-16;/h15-16H,2-14H2,1H3;1H/q+1;/p-1. The molecule has 0 aliphatic heterocycles. The van der Waals surface area contributed by atoms with Crippen molar-refractivity contribution < 1.29 is 17.0 Å². The molecule has 0 nitrogen and oxygen atoms in total. The van der Waals surface area contributed by atoms with Gasteiger partial charge in [0.15, 0.2) is 0 Å². The van der Waals surface area contributed by atoms with Gasteiger partial charge >= 0.3 is 0 Å². The topological polar surface area (TPSA) is 0 Å². The van der Waals surface area contributed by atoms with Gasteiger partial charge in [-0.05, 0) is 57.8 Å². The van der Waals surface area contributed by atoms with Crippen molar-refractivity contribution >= 4 is 21.5 Å². The van der Waals surface area contributed by atoms with E-state index in [9.17, 15) is 0 Å². The second kappa shape index (κ2) is 9.42. The Balaban J connectivity index is 0.00000180. The molecule has 0 heterocycles. The van der Waals surface area contributed by atoms with Crippen LogP contribution in [0.2, 0.25) is 0 Å². The molecule has 0 aromatic rings. The Bertz CT molecular complexity index is 215. The van der Waals surface area contributed by atoms with Crippen LogP contribution in [0.25, 0.3) is 0 Å². The van der Waals surface area contributed by atoms with Gasteiger partial charge in [-0.3, -0.25) is 0 Å². The Morgan fingerprint density at radius 2 is 1.26 bits per heavy atom. The van der Waals surface area contributed by atoms with E-state index < -0.39 is 5.96 Å². The molecular formula is C16H31Br2P. The summed E-state index contributed by atoms with van der Waals surface area (Å²) in [7, 11) is 0. The molecule has 2 rings (SSSR count). The Hall–Kier alpha value is 1.39. The predicted octanol–water partition coefficient (Wildman–Crippen LogP) is 3.78. The van der Waals surface area contributed by atoms with E-state index in [1.165, 1.54) is 51.4 Å². The SMILES string of the molecule is CCCC[P+](Br)(C1CCCCC1)C1CCCCC1.[Br-]. The van der Waals surface area contributed by atoms with Crippen LogP contribution in [0, 0.1) is 0 Å². The third-order valence-corrected chi connectivity index (χ3v) is 14.2. The van der Waals surface area contributed by atoms with Crippen LogP contribution >= 0.6 is 21.5 Å². The van der Waals surface area contributed by atoms with Gasteiger partial charge in [-0.1, -0.05) is 26.2 Å². The van der Waals surface area contributed by atoms with Crippen LogP contribution in [0.5, 0.6) is 0 Å². The zero-order valence-corrected chi connectivity index (χ0v) is 16.6. The molecule has 114 valence electrons. The number of rotatable bonds is 5. The molecule has 2 aliphatic rings. The fourth-order valence-electron chi connectivity index (χ4n) is 4.08. The van der Waals surface area contributed by atoms with Gasteiger partial charge in [0.05, 0.1) is 23.4 Å². The van der Waals surface area contributed by atoms with Crippen molar-refractivity contribution in [2.75, 3.05) is 6.16 Å². The van der Waals surface area contributed by atoms with Crippen LogP contribution in [0.1, 0.15) is 84.0 Å². The van der Waals surface area contributed by atoms with E-state index in [0.717, 1.165) is 11.3 Å². The van der Waals surface area contributed by atoms with Crippen molar-refractivity contribution in [2.24, 2.45) is 0 Å². The summed E-state index contributed by atoms with van der Waals surface area (Å²) in [5.74, 6) is -0.824. The van der Waals surface area contributed by atoms with E-state index in [1.807, 2.05) is 0 Å². The second-order valence-corrected chi connectivity index (χ2v) is 14.0. The first-order valence-electron chi connectivity index (χ1n) is 8.34. The van der Waals surface area contributed by atoms with Crippen molar-refractivity contribution in [2.45, 2.75) is 95.3 Å². The zero-order chi connectivity index (χ0) is 12.8. The third-order valence-electron chi connectivity index (χ3n) is 5.22. The highest BCUT2D eigenvalue weighted by molar-refractivity contribution is 9.42. The van der Waals surface area contributed by atoms with Gasteiger partial charge in [0.2, 0.25) is 0 Å². The molecule has 2 saturated carbocycles. The molecule has 2 fully saturated rings. The average Bonchev–Trinajstić information content (AvgIpc) is 2.46. The van der Waals surface area contributed by atoms with Gasteiger partial charge < -0.3 is 17.0 Å². The molecule has 0 amide bonds. The van der Waals surface area contributed by atoms with Crippen LogP contribution in [-0.4, -0.2) is 17.5 Å². The summed E-state index contributed by atoms with van der Waals surface area (Å²) in [6.07, 6.45) is 19.6. The quantitative estimate of drug-likeness (QED) is 0.601. The summed E-state index contributed by atoms with van der Waals surface area (Å²) >= 11 is 4.42. The maximum Gasteiger partial charge on any atom is 0.139 e. The van der Waals surface area contributed by atoms with Crippen molar-refractivity contribution in [1.82, 2.24) is 0 Å². The van der Waals surface area contributed by atoms with Crippen LogP contribution in [0.4, 0.5) is 0 Å². The minimum atomic E-state index is -0.824. The lowest BCUT2D eigenvalue weighted by Gasteiger charge is -2.38. The highest BCUT2D eigenvalue weighted by Gasteiger charge is 2.50. The van der Waals surface area contributed by atoms with E-state index >= 15 is 0 Å². The van der Waals surface area contributed by atoms with Gasteiger partial charge in [0, 0.05) is 0 Å². The van der Waals surface area contributed by atoms with Gasteiger partial charge in [-0.15, -0.1) is 0 Å². The van der Waals surface area contributed by atoms with Crippen LogP contribution < -0.4 is 17.0 Å². The van der Waals surface area contributed by atoms with Gasteiger partial charge in [-0.2, -0.15) is 0 Å². The van der Waals surface area contributed by atoms with Gasteiger partial charge in [-0.25, -0.2) is 0 Å². The molecular weight excluding hydrogens is 383 g/mol. The van der Waals surface area contributed by atoms with Crippen molar-refractivity contribution in [3.8, 4) is 0 Å². The highest BCUT2D eigenvalue weighted by atomic mass is 79.9. The third kappa shape index (κ3) is 4.96. The van der Waals surface area contributed by atoms with E-state index in [4.69, 9.17) is 0 Å². The summed E-state index contributed by atoms with van der Waals surface area (Å²) in [4.78, 5) is 0. The molecule has 0 atom stereocenters. The second-order valence-electron chi connectivity index (χ2n) is 6.49. The number of unbranched alkanes of at least 4 members (excludes halogenated alkanes) is 1. The summed E-state index contributed by atoms with van der Waals surface area (Å²) in [6, 6.07) is 0. The molecule has 0 unspecified atom stereocenters. The fourth-order valence-corrected chi connectivity index (χ4v) is 11.9. The fraction of sp³-hybridized carbons (Fsp3) is 1.00. The van der Waals surface area contributed by atoms with Crippen LogP contribution in [-0.2, 0) is 0 Å². The lowest BCUT2D eigenvalue weighted by Crippen LogP contribution is -3.00. The summed E-state index contributed by atoms with van der Waals surface area (Å²) in [6.45, 7) is 2.36. The summed E-state index contributed by atoms with van der Waals surface area (Å²) in [5.41, 5.74) is 2.17. The van der Waals surface area contributed by atoms with Crippen LogP contribution in [0.3, 0.4) is 0 Å². The lowest BCUT2D eigenvalue weighted by molar-refractivity contribution is -0.00000376. The molecule has 2 aliphatic carbocycles. The van der Waals surface area contributed by atoms with Gasteiger partial charge in [0.25, 0.3) is 0 Å². The monoisotopic (exact) mass is 412 g/mol. The molecule has 0 aromatic carbocycles. The van der Waals surface area contributed by atoms with Crippen molar-refractivity contribution in [3.05, 3.63) is 0 Å². The molecule has 19 heavy (non-hydrogen) atoms. The summed E-state index contributed by atoms with van der Waals surface area (Å²) < 4.78 is 0. The minimum absolute atomic E-state index is 0. The molecule has 0 spiro atoms. The van der Waals surface area contributed by atoms with E-state index in [2.05, 4.69) is 22.4 Å². The smallest absolute Gasteiger partial charge is 0.139 e. The minimum Gasteiger partial charge on any atom is -1.00 e. The molecule has 0 bridgehead atoms. The number of halogens is 2. The Kier molecular flexibility index (Phi) is 9.14. The molecule has 0 aromatic heterocycles. The molecule has 0 saturated heterocycles. The molecule has 0 N–H and O–H groups in total. The first-order chi connectivity index (χ1) is 8.77. The Morgan fingerprint density at radius 3 is 1.63 bits per heavy atom. The highest BCUT2D eigenvalue weighted by Crippen LogP contribution is 2.78. The van der Waals surface area contributed by atoms with Crippen molar-refractivity contribution in [3.63, 3.8) is 0 Å². The largest absolute Gasteiger partial charge is 1.00 e. The molecule has 0 radical (unpaired) electrons. The Labute approximate surface area is 139 Å². The first-order valence-corrected chi connectivity index (χ1v) is 12.5. The van der Waals surface area contributed by atoms with E-state index in [1.54, 1.807) is 31.8 Å². The number of hydrogen-bond acceptors (Lipinski definition) is 0. The van der Waals surface area contributed by atoms with Gasteiger partial charge in [0.1, 0.15) is 15.5 Å². The lowest BCUT2D eigenvalue weighted by atomic mass is 9.99.